The number of benzene rings is 1. The molecule has 0 atom stereocenters. The van der Waals surface area contributed by atoms with Crippen LogP contribution in [0.25, 0.3) is 0 Å². The number of nitrogens with two attached hydrogens (primary N) is 1. The standard InChI is InChI=1S/C17H26N2O/c1-20-17-4-2-3-12(11-17)13-9-16(10-13)19-15-7-5-14(18)6-8-15/h2-4,11,13-16,19H,5-10,18H2,1H3. The first-order valence-electron chi connectivity index (χ1n) is 7.90. The van der Waals surface area contributed by atoms with E-state index in [0.717, 1.165) is 5.75 Å². The van der Waals surface area contributed by atoms with E-state index in [1.54, 1.807) is 7.11 Å². The van der Waals surface area contributed by atoms with Crippen molar-refractivity contribution in [3.63, 3.8) is 0 Å². The van der Waals surface area contributed by atoms with Crippen molar-refractivity contribution < 1.29 is 4.74 Å². The smallest absolute Gasteiger partial charge is 0.119 e. The van der Waals surface area contributed by atoms with E-state index in [1.165, 1.54) is 44.1 Å². The van der Waals surface area contributed by atoms with E-state index in [2.05, 4.69) is 23.5 Å². The summed E-state index contributed by atoms with van der Waals surface area (Å²) in [6.07, 6.45) is 7.39. The molecule has 0 spiro atoms. The molecule has 1 aromatic rings. The Bertz CT molecular complexity index is 434. The summed E-state index contributed by atoms with van der Waals surface area (Å²) in [6.45, 7) is 0. The third-order valence-electron chi connectivity index (χ3n) is 4.95. The second-order valence-electron chi connectivity index (χ2n) is 6.42. The van der Waals surface area contributed by atoms with Crippen LogP contribution in [0.3, 0.4) is 0 Å². The van der Waals surface area contributed by atoms with Gasteiger partial charge < -0.3 is 15.8 Å². The Kier molecular flexibility index (Phi) is 4.27. The number of nitrogens with one attached hydrogen (secondary N) is 1. The molecule has 3 nitrogen and oxygen atoms in total. The van der Waals surface area contributed by atoms with E-state index in [-0.39, 0.29) is 0 Å². The van der Waals surface area contributed by atoms with Crippen molar-refractivity contribution in [2.24, 2.45) is 5.73 Å². The highest BCUT2D eigenvalue weighted by atomic mass is 16.5. The molecule has 0 amide bonds. The molecular weight excluding hydrogens is 248 g/mol. The third-order valence-corrected chi connectivity index (χ3v) is 4.95. The summed E-state index contributed by atoms with van der Waals surface area (Å²) in [6, 6.07) is 10.4. The molecule has 3 heteroatoms. The SMILES string of the molecule is COc1cccc(C2CC(NC3CCC(N)CC3)C2)c1. The Hall–Kier alpha value is -1.06. The highest BCUT2D eigenvalue weighted by Crippen LogP contribution is 2.38. The minimum Gasteiger partial charge on any atom is -0.497 e. The molecule has 0 heterocycles. The van der Waals surface area contributed by atoms with Gasteiger partial charge in [0.05, 0.1) is 7.11 Å². The number of ether oxygens (including phenoxy) is 1. The average molecular weight is 274 g/mol. The normalized spacial score (nSPS) is 33.5. The Morgan fingerprint density at radius 1 is 1.10 bits per heavy atom. The molecule has 3 rings (SSSR count). The van der Waals surface area contributed by atoms with E-state index in [4.69, 9.17) is 10.5 Å². The van der Waals surface area contributed by atoms with E-state index >= 15 is 0 Å². The van der Waals surface area contributed by atoms with Crippen molar-refractivity contribution in [1.29, 1.82) is 0 Å². The van der Waals surface area contributed by atoms with Gasteiger partial charge in [-0.1, -0.05) is 12.1 Å². The first-order chi connectivity index (χ1) is 9.74. The van der Waals surface area contributed by atoms with Crippen LogP contribution >= 0.6 is 0 Å². The Morgan fingerprint density at radius 3 is 2.55 bits per heavy atom. The summed E-state index contributed by atoms with van der Waals surface area (Å²) in [4.78, 5) is 0. The van der Waals surface area contributed by atoms with Crippen molar-refractivity contribution in [1.82, 2.24) is 5.32 Å². The molecule has 0 radical (unpaired) electrons. The second kappa shape index (κ2) is 6.15. The molecule has 0 aliphatic heterocycles. The molecular formula is C17H26N2O. The zero-order valence-electron chi connectivity index (χ0n) is 12.3. The lowest BCUT2D eigenvalue weighted by molar-refractivity contribution is 0.231. The number of hydrogen-bond acceptors (Lipinski definition) is 3. The maximum atomic E-state index is 5.96. The van der Waals surface area contributed by atoms with Gasteiger partial charge in [-0.2, -0.15) is 0 Å². The van der Waals surface area contributed by atoms with Crippen molar-refractivity contribution in [2.45, 2.75) is 62.6 Å². The number of rotatable bonds is 4. The topological polar surface area (TPSA) is 47.3 Å². The van der Waals surface area contributed by atoms with E-state index in [0.29, 0.717) is 24.0 Å². The van der Waals surface area contributed by atoms with Gasteiger partial charge in [-0.05, 0) is 62.1 Å². The lowest BCUT2D eigenvalue weighted by Gasteiger charge is -2.40. The summed E-state index contributed by atoms with van der Waals surface area (Å²) in [5.74, 6) is 1.67. The van der Waals surface area contributed by atoms with Gasteiger partial charge >= 0.3 is 0 Å². The van der Waals surface area contributed by atoms with Crippen LogP contribution in [-0.4, -0.2) is 25.2 Å². The van der Waals surface area contributed by atoms with Crippen LogP contribution in [0.1, 0.15) is 50.0 Å². The molecule has 2 fully saturated rings. The van der Waals surface area contributed by atoms with Crippen LogP contribution in [0.2, 0.25) is 0 Å². The largest absolute Gasteiger partial charge is 0.497 e. The summed E-state index contributed by atoms with van der Waals surface area (Å²) >= 11 is 0. The minimum absolute atomic E-state index is 0.443. The average Bonchev–Trinajstić information content (AvgIpc) is 2.44. The highest BCUT2D eigenvalue weighted by molar-refractivity contribution is 5.32. The van der Waals surface area contributed by atoms with Crippen LogP contribution in [0.15, 0.2) is 24.3 Å². The minimum atomic E-state index is 0.443. The summed E-state index contributed by atoms with van der Waals surface area (Å²) in [5.41, 5.74) is 7.38. The first kappa shape index (κ1) is 13.9. The van der Waals surface area contributed by atoms with Gasteiger partial charge in [0, 0.05) is 18.1 Å². The van der Waals surface area contributed by atoms with Crippen molar-refractivity contribution >= 4 is 0 Å². The van der Waals surface area contributed by atoms with E-state index < -0.39 is 0 Å². The molecule has 2 aliphatic carbocycles. The Morgan fingerprint density at radius 2 is 1.85 bits per heavy atom. The Labute approximate surface area is 121 Å². The molecule has 0 bridgehead atoms. The summed E-state index contributed by atoms with van der Waals surface area (Å²) < 4.78 is 5.30. The third kappa shape index (κ3) is 3.15. The summed E-state index contributed by atoms with van der Waals surface area (Å²) in [7, 11) is 1.73. The molecule has 1 aromatic carbocycles. The predicted octanol–water partition coefficient (Wildman–Crippen LogP) is 2.80. The molecule has 2 saturated carbocycles. The van der Waals surface area contributed by atoms with Gasteiger partial charge in [0.1, 0.15) is 5.75 Å². The molecule has 0 saturated heterocycles. The van der Waals surface area contributed by atoms with Gasteiger partial charge in [0.25, 0.3) is 0 Å². The van der Waals surface area contributed by atoms with Gasteiger partial charge in [-0.3, -0.25) is 0 Å². The van der Waals surface area contributed by atoms with Crippen LogP contribution in [0.4, 0.5) is 0 Å². The monoisotopic (exact) mass is 274 g/mol. The maximum Gasteiger partial charge on any atom is 0.119 e. The molecule has 0 unspecified atom stereocenters. The predicted molar refractivity (Wildman–Crippen MR) is 82.1 cm³/mol. The van der Waals surface area contributed by atoms with Gasteiger partial charge in [0.15, 0.2) is 0 Å². The van der Waals surface area contributed by atoms with Gasteiger partial charge in [-0.25, -0.2) is 0 Å². The lowest BCUT2D eigenvalue weighted by Crippen LogP contribution is -2.47. The molecule has 2 aliphatic rings. The zero-order valence-corrected chi connectivity index (χ0v) is 12.3. The van der Waals surface area contributed by atoms with Crippen LogP contribution in [0, 0.1) is 0 Å². The van der Waals surface area contributed by atoms with E-state index in [1.807, 2.05) is 6.07 Å². The molecule has 110 valence electrons. The highest BCUT2D eigenvalue weighted by Gasteiger charge is 2.32. The van der Waals surface area contributed by atoms with Crippen molar-refractivity contribution in [2.75, 3.05) is 7.11 Å². The maximum absolute atomic E-state index is 5.96. The second-order valence-corrected chi connectivity index (χ2v) is 6.42. The number of hydrogen-bond donors (Lipinski definition) is 2. The fourth-order valence-corrected chi connectivity index (χ4v) is 3.54. The van der Waals surface area contributed by atoms with E-state index in [9.17, 15) is 0 Å². The molecule has 3 N–H and O–H groups in total. The Balaban J connectivity index is 1.46. The van der Waals surface area contributed by atoms with Crippen molar-refractivity contribution in [3.05, 3.63) is 29.8 Å². The quantitative estimate of drug-likeness (QED) is 0.887. The van der Waals surface area contributed by atoms with Gasteiger partial charge in [0.2, 0.25) is 0 Å². The van der Waals surface area contributed by atoms with Crippen LogP contribution < -0.4 is 15.8 Å². The van der Waals surface area contributed by atoms with Crippen LogP contribution in [-0.2, 0) is 0 Å². The lowest BCUT2D eigenvalue weighted by atomic mass is 9.75. The molecule has 0 aromatic heterocycles. The number of methoxy groups -OCH3 is 1. The van der Waals surface area contributed by atoms with Gasteiger partial charge in [-0.15, -0.1) is 0 Å². The fourth-order valence-electron chi connectivity index (χ4n) is 3.54. The zero-order chi connectivity index (χ0) is 13.9. The van der Waals surface area contributed by atoms with Crippen molar-refractivity contribution in [3.8, 4) is 5.75 Å². The summed E-state index contributed by atoms with van der Waals surface area (Å²) in [5, 5.41) is 3.82. The fraction of sp³-hybridized carbons (Fsp3) is 0.647. The molecule has 20 heavy (non-hydrogen) atoms. The van der Waals surface area contributed by atoms with Crippen LogP contribution in [0.5, 0.6) is 5.75 Å². The first-order valence-corrected chi connectivity index (χ1v) is 7.90.